The smallest absolute Gasteiger partial charge is 0.264 e. The second kappa shape index (κ2) is 16.8. The summed E-state index contributed by atoms with van der Waals surface area (Å²) in [6.07, 6.45) is 5.01. The van der Waals surface area contributed by atoms with E-state index in [1.807, 2.05) is 37.3 Å². The summed E-state index contributed by atoms with van der Waals surface area (Å²) in [4.78, 5) is 30.2. The standard InChI is InChI=1S/C38H41ClFN3O5S/c1-2-48-33-21-23-34(24-22-33)49(46,47)43(32-19-17-30(40)18-20-32)27-37(44)42(26-29-13-9-10-16-35(29)39)36(25-28-11-5-3-6-12-28)38(45)41-31-14-7-4-8-15-31/h3,5-6,9-13,16-24,31,36H,2,4,7-8,14-15,25-27H2,1H3,(H,41,45)/t36-/m1/s1. The van der Waals surface area contributed by atoms with Crippen LogP contribution in [0.2, 0.25) is 5.02 Å². The third kappa shape index (κ3) is 9.39. The first-order chi connectivity index (χ1) is 23.7. The Morgan fingerprint density at radius 1 is 0.898 bits per heavy atom. The maximum absolute atomic E-state index is 14.7. The molecule has 1 N–H and O–H groups in total. The van der Waals surface area contributed by atoms with Crippen LogP contribution in [0.1, 0.15) is 50.2 Å². The first-order valence-corrected chi connectivity index (χ1v) is 18.4. The molecule has 0 spiro atoms. The summed E-state index contributed by atoms with van der Waals surface area (Å²) in [5, 5.41) is 3.59. The Bertz CT molecular complexity index is 1800. The van der Waals surface area contributed by atoms with Gasteiger partial charge in [-0.1, -0.05) is 79.4 Å². The molecule has 1 fully saturated rings. The molecule has 8 nitrogen and oxygen atoms in total. The van der Waals surface area contributed by atoms with E-state index in [2.05, 4.69) is 5.32 Å². The molecular weight excluding hydrogens is 665 g/mol. The SMILES string of the molecule is CCOc1ccc(S(=O)(=O)N(CC(=O)N(Cc2ccccc2Cl)[C@H](Cc2ccccc2)C(=O)NC2CCCCC2)c2ccc(F)cc2)cc1. The third-order valence-corrected chi connectivity index (χ3v) is 10.8. The predicted octanol–water partition coefficient (Wildman–Crippen LogP) is 7.16. The van der Waals surface area contributed by atoms with E-state index in [4.69, 9.17) is 16.3 Å². The van der Waals surface area contributed by atoms with E-state index in [-0.39, 0.29) is 35.5 Å². The van der Waals surface area contributed by atoms with E-state index in [0.29, 0.717) is 22.9 Å². The van der Waals surface area contributed by atoms with Crippen LogP contribution in [0.15, 0.2) is 108 Å². The van der Waals surface area contributed by atoms with Crippen LogP contribution < -0.4 is 14.4 Å². The van der Waals surface area contributed by atoms with Crippen LogP contribution in [0.25, 0.3) is 0 Å². The van der Waals surface area contributed by atoms with Gasteiger partial charge in [0.05, 0.1) is 17.2 Å². The van der Waals surface area contributed by atoms with E-state index in [9.17, 15) is 22.4 Å². The normalized spacial score (nSPS) is 14.1. The summed E-state index contributed by atoms with van der Waals surface area (Å²) < 4.78 is 48.9. The molecule has 1 atom stereocenters. The van der Waals surface area contributed by atoms with Crippen LogP contribution in [0.5, 0.6) is 5.75 Å². The maximum Gasteiger partial charge on any atom is 0.264 e. The molecule has 4 aromatic carbocycles. The van der Waals surface area contributed by atoms with Crippen molar-refractivity contribution in [2.75, 3.05) is 17.5 Å². The minimum absolute atomic E-state index is 0.0208. The van der Waals surface area contributed by atoms with Crippen LogP contribution in [-0.4, -0.2) is 50.4 Å². The van der Waals surface area contributed by atoms with Gasteiger partial charge in [-0.2, -0.15) is 0 Å². The highest BCUT2D eigenvalue weighted by atomic mass is 35.5. The van der Waals surface area contributed by atoms with Crippen LogP contribution >= 0.6 is 11.6 Å². The lowest BCUT2D eigenvalue weighted by molar-refractivity contribution is -0.140. The van der Waals surface area contributed by atoms with Gasteiger partial charge in [-0.3, -0.25) is 13.9 Å². The molecule has 5 rings (SSSR count). The molecule has 0 saturated heterocycles. The number of carbonyl (C=O) groups excluding carboxylic acids is 2. The first-order valence-electron chi connectivity index (χ1n) is 16.5. The molecule has 0 aliphatic heterocycles. The molecule has 0 unspecified atom stereocenters. The highest BCUT2D eigenvalue weighted by molar-refractivity contribution is 7.92. The zero-order chi connectivity index (χ0) is 34.8. The van der Waals surface area contributed by atoms with Gasteiger partial charge in [-0.05, 0) is 85.5 Å². The van der Waals surface area contributed by atoms with Gasteiger partial charge < -0.3 is 15.0 Å². The van der Waals surface area contributed by atoms with E-state index < -0.39 is 34.3 Å². The van der Waals surface area contributed by atoms with Crippen molar-refractivity contribution in [2.24, 2.45) is 0 Å². The highest BCUT2D eigenvalue weighted by Gasteiger charge is 2.35. The minimum atomic E-state index is -4.35. The van der Waals surface area contributed by atoms with Gasteiger partial charge in [0.1, 0.15) is 24.2 Å². The number of carbonyl (C=O) groups is 2. The van der Waals surface area contributed by atoms with Crippen molar-refractivity contribution in [2.45, 2.75) is 69.0 Å². The monoisotopic (exact) mass is 705 g/mol. The second-order valence-electron chi connectivity index (χ2n) is 12.1. The summed E-state index contributed by atoms with van der Waals surface area (Å²) in [7, 11) is -4.35. The number of anilines is 1. The molecular formula is C38H41ClFN3O5S. The number of benzene rings is 4. The molecule has 11 heteroatoms. The maximum atomic E-state index is 14.7. The zero-order valence-electron chi connectivity index (χ0n) is 27.4. The van der Waals surface area contributed by atoms with Gasteiger partial charge in [0.2, 0.25) is 11.8 Å². The summed E-state index contributed by atoms with van der Waals surface area (Å²) >= 11 is 6.59. The Hall–Kier alpha value is -4.41. The number of hydrogen-bond acceptors (Lipinski definition) is 5. The quantitative estimate of drug-likeness (QED) is 0.150. The Morgan fingerprint density at radius 2 is 1.55 bits per heavy atom. The molecule has 258 valence electrons. The molecule has 0 heterocycles. The van der Waals surface area contributed by atoms with E-state index in [1.165, 1.54) is 41.3 Å². The lowest BCUT2D eigenvalue weighted by atomic mass is 9.94. The Labute approximate surface area is 292 Å². The van der Waals surface area contributed by atoms with Crippen molar-refractivity contribution in [3.63, 3.8) is 0 Å². The lowest BCUT2D eigenvalue weighted by Crippen LogP contribution is -2.55. The largest absolute Gasteiger partial charge is 0.494 e. The van der Waals surface area contributed by atoms with Gasteiger partial charge in [0.25, 0.3) is 10.0 Å². The van der Waals surface area contributed by atoms with Crippen molar-refractivity contribution in [3.05, 3.63) is 125 Å². The van der Waals surface area contributed by atoms with Crippen molar-refractivity contribution < 1.29 is 27.1 Å². The van der Waals surface area contributed by atoms with Crippen molar-refractivity contribution in [1.82, 2.24) is 10.2 Å². The minimum Gasteiger partial charge on any atom is -0.494 e. The fraction of sp³-hybridized carbons (Fsp3) is 0.316. The summed E-state index contributed by atoms with van der Waals surface area (Å²) in [6.45, 7) is 1.52. The number of halogens is 2. The van der Waals surface area contributed by atoms with Crippen molar-refractivity contribution in [3.8, 4) is 5.75 Å². The first kappa shape index (κ1) is 35.9. The average Bonchev–Trinajstić information content (AvgIpc) is 3.11. The molecule has 1 aliphatic rings. The third-order valence-electron chi connectivity index (χ3n) is 8.64. The number of nitrogens with one attached hydrogen (secondary N) is 1. The lowest BCUT2D eigenvalue weighted by Gasteiger charge is -2.35. The fourth-order valence-electron chi connectivity index (χ4n) is 6.05. The molecule has 2 amide bonds. The van der Waals surface area contributed by atoms with Gasteiger partial charge in [0.15, 0.2) is 0 Å². The van der Waals surface area contributed by atoms with Gasteiger partial charge >= 0.3 is 0 Å². The number of rotatable bonds is 14. The van der Waals surface area contributed by atoms with Gasteiger partial charge in [0, 0.05) is 24.0 Å². The van der Waals surface area contributed by atoms with E-state index in [1.54, 1.807) is 24.3 Å². The Morgan fingerprint density at radius 3 is 2.20 bits per heavy atom. The molecule has 0 radical (unpaired) electrons. The van der Waals surface area contributed by atoms with Crippen LogP contribution in [0.4, 0.5) is 10.1 Å². The molecule has 1 saturated carbocycles. The molecule has 49 heavy (non-hydrogen) atoms. The predicted molar refractivity (Wildman–Crippen MR) is 189 cm³/mol. The molecule has 0 bridgehead atoms. The van der Waals surface area contributed by atoms with Crippen molar-refractivity contribution in [1.29, 1.82) is 0 Å². The fourth-order valence-corrected chi connectivity index (χ4v) is 7.66. The van der Waals surface area contributed by atoms with Crippen LogP contribution in [0.3, 0.4) is 0 Å². The van der Waals surface area contributed by atoms with Gasteiger partial charge in [-0.15, -0.1) is 0 Å². The van der Waals surface area contributed by atoms with Crippen LogP contribution in [0, 0.1) is 5.82 Å². The van der Waals surface area contributed by atoms with E-state index >= 15 is 0 Å². The summed E-state index contributed by atoms with van der Waals surface area (Å²) in [6, 6.07) is 26.2. The summed E-state index contributed by atoms with van der Waals surface area (Å²) in [5.41, 5.74) is 1.52. The average molecular weight is 706 g/mol. The van der Waals surface area contributed by atoms with Crippen LogP contribution in [-0.2, 0) is 32.6 Å². The number of nitrogens with zero attached hydrogens (tertiary/aromatic N) is 2. The summed E-state index contributed by atoms with van der Waals surface area (Å²) in [5.74, 6) is -1.02. The number of hydrogen-bond donors (Lipinski definition) is 1. The van der Waals surface area contributed by atoms with Gasteiger partial charge in [-0.25, -0.2) is 12.8 Å². The number of amides is 2. The topological polar surface area (TPSA) is 96.0 Å². The molecule has 0 aromatic heterocycles. The highest BCUT2D eigenvalue weighted by Crippen LogP contribution is 2.28. The second-order valence-corrected chi connectivity index (χ2v) is 14.3. The van der Waals surface area contributed by atoms with E-state index in [0.717, 1.165) is 54.1 Å². The van der Waals surface area contributed by atoms with Crippen molar-refractivity contribution >= 4 is 39.1 Å². The molecule has 4 aromatic rings. The number of ether oxygens (including phenoxy) is 1. The number of sulfonamides is 1. The Kier molecular flexibility index (Phi) is 12.3. The zero-order valence-corrected chi connectivity index (χ0v) is 29.0. The Balaban J connectivity index is 1.56. The molecule has 1 aliphatic carbocycles.